The molecule has 3 N–H and O–H groups in total. The summed E-state index contributed by atoms with van der Waals surface area (Å²) in [5.74, 6) is -1.56. The van der Waals surface area contributed by atoms with Gasteiger partial charge in [-0.25, -0.2) is 0 Å². The summed E-state index contributed by atoms with van der Waals surface area (Å²) < 4.78 is 0. The Morgan fingerprint density at radius 3 is 2.20 bits per heavy atom. The number of amides is 2. The maximum absolute atomic E-state index is 11.7. The first-order chi connectivity index (χ1) is 9.38. The lowest BCUT2D eigenvalue weighted by Crippen LogP contribution is -2.30. The van der Waals surface area contributed by atoms with Crippen LogP contribution in [0.1, 0.15) is 37.0 Å². The fraction of sp³-hybridized carbons (Fsp3) is 0.357. The molecule has 1 rings (SSSR count). The van der Waals surface area contributed by atoms with E-state index in [0.29, 0.717) is 11.3 Å². The van der Waals surface area contributed by atoms with Crippen molar-refractivity contribution in [1.82, 2.24) is 5.32 Å². The number of rotatable bonds is 6. The summed E-state index contributed by atoms with van der Waals surface area (Å²) in [6, 6.07) is 6.47. The lowest BCUT2D eigenvalue weighted by atomic mass is 10.2. The van der Waals surface area contributed by atoms with Gasteiger partial charge in [-0.2, -0.15) is 0 Å². The Morgan fingerprint density at radius 2 is 1.70 bits per heavy atom. The predicted octanol–water partition coefficient (Wildman–Crippen LogP) is 1.63. The number of nitrogens with one attached hydrogen (secondary N) is 2. The summed E-state index contributed by atoms with van der Waals surface area (Å²) in [4.78, 5) is 33.5. The van der Waals surface area contributed by atoms with Crippen molar-refractivity contribution >= 4 is 23.5 Å². The number of hydrogen-bond donors (Lipinski definition) is 3. The zero-order valence-electron chi connectivity index (χ0n) is 11.5. The van der Waals surface area contributed by atoms with Crippen LogP contribution < -0.4 is 10.6 Å². The van der Waals surface area contributed by atoms with E-state index in [1.807, 2.05) is 13.8 Å². The summed E-state index contributed by atoms with van der Waals surface area (Å²) in [6.45, 7) is 3.74. The van der Waals surface area contributed by atoms with E-state index >= 15 is 0 Å². The van der Waals surface area contributed by atoms with Gasteiger partial charge in [0, 0.05) is 23.7 Å². The standard InChI is InChI=1S/C14H18N2O4/c1-9(2)15-14(20)10-3-5-11(6-4-10)16-12(17)7-8-13(18)19/h3-6,9H,7-8H2,1-2H3,(H,15,20)(H,16,17)(H,18,19). The quantitative estimate of drug-likeness (QED) is 0.737. The summed E-state index contributed by atoms with van der Waals surface area (Å²) >= 11 is 0. The third-order valence-electron chi connectivity index (χ3n) is 2.42. The third kappa shape index (κ3) is 5.51. The van der Waals surface area contributed by atoms with Crippen molar-refractivity contribution in [2.75, 3.05) is 5.32 Å². The van der Waals surface area contributed by atoms with Gasteiger partial charge in [0.2, 0.25) is 5.91 Å². The van der Waals surface area contributed by atoms with Gasteiger partial charge in [-0.05, 0) is 38.1 Å². The summed E-state index contributed by atoms with van der Waals surface area (Å²) in [5, 5.41) is 13.8. The van der Waals surface area contributed by atoms with Crippen LogP contribution in [0.4, 0.5) is 5.69 Å². The Kier molecular flexibility index (Phi) is 5.71. The highest BCUT2D eigenvalue weighted by atomic mass is 16.4. The van der Waals surface area contributed by atoms with E-state index in [1.54, 1.807) is 24.3 Å². The second kappa shape index (κ2) is 7.28. The van der Waals surface area contributed by atoms with Crippen LogP contribution in [0.25, 0.3) is 0 Å². The summed E-state index contributed by atoms with van der Waals surface area (Å²) in [6.07, 6.45) is -0.286. The first kappa shape index (κ1) is 15.7. The first-order valence-corrected chi connectivity index (χ1v) is 6.31. The second-order valence-electron chi connectivity index (χ2n) is 4.65. The number of aliphatic carboxylic acids is 1. The Morgan fingerprint density at radius 1 is 1.10 bits per heavy atom. The van der Waals surface area contributed by atoms with Gasteiger partial charge in [-0.15, -0.1) is 0 Å². The van der Waals surface area contributed by atoms with E-state index in [-0.39, 0.29) is 30.7 Å². The van der Waals surface area contributed by atoms with Crippen LogP contribution in [0.15, 0.2) is 24.3 Å². The molecule has 0 atom stereocenters. The average molecular weight is 278 g/mol. The van der Waals surface area contributed by atoms with Crippen LogP contribution in [0, 0.1) is 0 Å². The van der Waals surface area contributed by atoms with Crippen molar-refractivity contribution in [2.24, 2.45) is 0 Å². The molecule has 0 fully saturated rings. The largest absolute Gasteiger partial charge is 0.481 e. The Labute approximate surface area is 117 Å². The topological polar surface area (TPSA) is 95.5 Å². The molecule has 6 nitrogen and oxygen atoms in total. The number of anilines is 1. The normalized spacial score (nSPS) is 10.2. The van der Waals surface area contributed by atoms with Crippen molar-refractivity contribution in [3.05, 3.63) is 29.8 Å². The van der Waals surface area contributed by atoms with Gasteiger partial charge in [0.15, 0.2) is 0 Å². The Balaban J connectivity index is 2.56. The third-order valence-corrected chi connectivity index (χ3v) is 2.42. The fourth-order valence-electron chi connectivity index (χ4n) is 1.49. The van der Waals surface area contributed by atoms with Gasteiger partial charge >= 0.3 is 5.97 Å². The molecule has 0 aliphatic carbocycles. The van der Waals surface area contributed by atoms with Gasteiger partial charge in [0.1, 0.15) is 0 Å². The number of carboxylic acids is 1. The Bertz CT molecular complexity index is 494. The molecule has 0 radical (unpaired) electrons. The zero-order valence-corrected chi connectivity index (χ0v) is 11.5. The van der Waals surface area contributed by atoms with Crippen LogP contribution in [0.5, 0.6) is 0 Å². The number of carbonyl (C=O) groups excluding carboxylic acids is 2. The predicted molar refractivity (Wildman–Crippen MR) is 74.5 cm³/mol. The first-order valence-electron chi connectivity index (χ1n) is 6.31. The number of hydrogen-bond acceptors (Lipinski definition) is 3. The van der Waals surface area contributed by atoms with Crippen molar-refractivity contribution in [1.29, 1.82) is 0 Å². The minimum absolute atomic E-state index is 0.0536. The van der Waals surface area contributed by atoms with E-state index in [2.05, 4.69) is 10.6 Å². The lowest BCUT2D eigenvalue weighted by molar-refractivity contribution is -0.138. The molecule has 0 spiro atoms. The zero-order chi connectivity index (χ0) is 15.1. The highest BCUT2D eigenvalue weighted by Crippen LogP contribution is 2.10. The van der Waals surface area contributed by atoms with E-state index < -0.39 is 5.97 Å². The van der Waals surface area contributed by atoms with E-state index in [9.17, 15) is 14.4 Å². The summed E-state index contributed by atoms with van der Waals surface area (Å²) in [7, 11) is 0. The molecule has 20 heavy (non-hydrogen) atoms. The van der Waals surface area contributed by atoms with Crippen LogP contribution in [-0.2, 0) is 9.59 Å². The van der Waals surface area contributed by atoms with Gasteiger partial charge < -0.3 is 15.7 Å². The molecule has 0 unspecified atom stereocenters. The van der Waals surface area contributed by atoms with Gasteiger partial charge in [0.25, 0.3) is 5.91 Å². The molecule has 1 aromatic carbocycles. The molecule has 0 bridgehead atoms. The van der Waals surface area contributed by atoms with Crippen LogP contribution in [0.3, 0.4) is 0 Å². The SMILES string of the molecule is CC(C)NC(=O)c1ccc(NC(=O)CCC(=O)O)cc1. The van der Waals surface area contributed by atoms with Gasteiger partial charge in [0.05, 0.1) is 6.42 Å². The Hall–Kier alpha value is -2.37. The molecule has 0 aliphatic rings. The molecule has 0 aromatic heterocycles. The van der Waals surface area contributed by atoms with Gasteiger partial charge in [-0.1, -0.05) is 0 Å². The molecule has 108 valence electrons. The average Bonchev–Trinajstić information content (AvgIpc) is 2.36. The minimum atomic E-state index is -1.01. The van der Waals surface area contributed by atoms with E-state index in [4.69, 9.17) is 5.11 Å². The number of carboxylic acid groups (broad SMARTS) is 1. The number of carbonyl (C=O) groups is 3. The van der Waals surface area contributed by atoms with Gasteiger partial charge in [-0.3, -0.25) is 14.4 Å². The van der Waals surface area contributed by atoms with E-state index in [0.717, 1.165) is 0 Å². The van der Waals surface area contributed by atoms with Crippen molar-refractivity contribution in [3.63, 3.8) is 0 Å². The van der Waals surface area contributed by atoms with Crippen molar-refractivity contribution in [3.8, 4) is 0 Å². The molecule has 0 aliphatic heterocycles. The summed E-state index contributed by atoms with van der Waals surface area (Å²) in [5.41, 5.74) is 1.03. The molecule has 2 amide bonds. The number of benzene rings is 1. The molecule has 1 aromatic rings. The smallest absolute Gasteiger partial charge is 0.303 e. The maximum Gasteiger partial charge on any atom is 0.303 e. The molecule has 0 saturated carbocycles. The fourth-order valence-corrected chi connectivity index (χ4v) is 1.49. The van der Waals surface area contributed by atoms with Crippen molar-refractivity contribution < 1.29 is 19.5 Å². The second-order valence-corrected chi connectivity index (χ2v) is 4.65. The molecule has 0 saturated heterocycles. The molecular weight excluding hydrogens is 260 g/mol. The highest BCUT2D eigenvalue weighted by Gasteiger charge is 2.08. The highest BCUT2D eigenvalue weighted by molar-refractivity contribution is 5.96. The molecule has 0 heterocycles. The minimum Gasteiger partial charge on any atom is -0.481 e. The molecular formula is C14H18N2O4. The monoisotopic (exact) mass is 278 g/mol. The van der Waals surface area contributed by atoms with E-state index in [1.165, 1.54) is 0 Å². The van der Waals surface area contributed by atoms with Crippen LogP contribution in [0.2, 0.25) is 0 Å². The van der Waals surface area contributed by atoms with Crippen molar-refractivity contribution in [2.45, 2.75) is 32.7 Å². The van der Waals surface area contributed by atoms with Crippen LogP contribution in [-0.4, -0.2) is 28.9 Å². The van der Waals surface area contributed by atoms with Crippen LogP contribution >= 0.6 is 0 Å². The lowest BCUT2D eigenvalue weighted by Gasteiger charge is -2.09. The molecule has 6 heteroatoms. The maximum atomic E-state index is 11.7.